The van der Waals surface area contributed by atoms with Gasteiger partial charge in [-0.15, -0.1) is 0 Å². The van der Waals surface area contributed by atoms with E-state index in [1.165, 1.54) is 23.0 Å². The molecule has 0 radical (unpaired) electrons. The molecule has 1 atom stereocenters. The van der Waals surface area contributed by atoms with Gasteiger partial charge in [0.1, 0.15) is 6.10 Å². The Hall–Kier alpha value is -2.19. The van der Waals surface area contributed by atoms with Crippen LogP contribution in [-0.4, -0.2) is 37.9 Å². The van der Waals surface area contributed by atoms with Crippen molar-refractivity contribution in [2.45, 2.75) is 18.9 Å². The minimum atomic E-state index is -0.200. The molecule has 0 unspecified atom stereocenters. The van der Waals surface area contributed by atoms with Crippen LogP contribution in [0.3, 0.4) is 0 Å². The molecule has 2 aromatic rings. The van der Waals surface area contributed by atoms with Crippen LogP contribution in [0.2, 0.25) is 0 Å². The molecule has 110 valence electrons. The number of H-pyrrole nitrogens is 1. The third-order valence-corrected chi connectivity index (χ3v) is 3.48. The van der Waals surface area contributed by atoms with E-state index in [1.807, 2.05) is 0 Å². The number of nitrogens with one attached hydrogen (secondary N) is 1. The molecule has 1 saturated heterocycles. The summed E-state index contributed by atoms with van der Waals surface area (Å²) in [5, 5.41) is 29.9. The third kappa shape index (κ3) is 2.81. The second-order valence-electron chi connectivity index (χ2n) is 4.69. The Balaban J connectivity index is 1.90. The number of nitrogens with zero attached hydrogens (tertiary/aromatic N) is 3. The van der Waals surface area contributed by atoms with E-state index in [1.54, 1.807) is 6.07 Å². The average Bonchev–Trinajstić information content (AvgIpc) is 3.10. The maximum absolute atomic E-state index is 9.46. The molecule has 2 heterocycles. The van der Waals surface area contributed by atoms with Crippen LogP contribution >= 0.6 is 12.2 Å². The molecule has 8 heteroatoms. The number of phenolic OH excluding ortho intramolecular Hbond substituents is 2. The van der Waals surface area contributed by atoms with Crippen molar-refractivity contribution in [3.05, 3.63) is 34.4 Å². The fraction of sp³-hybridized carbons (Fsp3) is 0.308. The lowest BCUT2D eigenvalue weighted by Crippen LogP contribution is -2.05. The molecule has 0 amide bonds. The van der Waals surface area contributed by atoms with Gasteiger partial charge in [-0.1, -0.05) is 0 Å². The van der Waals surface area contributed by atoms with Crippen molar-refractivity contribution in [1.29, 1.82) is 0 Å². The van der Waals surface area contributed by atoms with Gasteiger partial charge in [-0.3, -0.25) is 5.10 Å². The van der Waals surface area contributed by atoms with Crippen molar-refractivity contribution >= 4 is 18.4 Å². The molecular weight excluding hydrogens is 292 g/mol. The maximum Gasteiger partial charge on any atom is 0.216 e. The van der Waals surface area contributed by atoms with Gasteiger partial charge >= 0.3 is 0 Å². The Morgan fingerprint density at radius 1 is 1.43 bits per heavy atom. The Morgan fingerprint density at radius 2 is 2.29 bits per heavy atom. The van der Waals surface area contributed by atoms with Crippen molar-refractivity contribution in [1.82, 2.24) is 14.9 Å². The summed E-state index contributed by atoms with van der Waals surface area (Å²) in [5.41, 5.74) is 0.631. The van der Waals surface area contributed by atoms with Gasteiger partial charge in [0, 0.05) is 6.61 Å². The van der Waals surface area contributed by atoms with Crippen LogP contribution in [0.1, 0.15) is 30.3 Å². The Bertz CT molecular complexity index is 731. The predicted octanol–water partition coefficient (Wildman–Crippen LogP) is 2.09. The second-order valence-corrected chi connectivity index (χ2v) is 5.08. The van der Waals surface area contributed by atoms with E-state index in [9.17, 15) is 10.2 Å². The van der Waals surface area contributed by atoms with E-state index in [0.717, 1.165) is 12.8 Å². The number of rotatable bonds is 3. The zero-order valence-corrected chi connectivity index (χ0v) is 11.9. The van der Waals surface area contributed by atoms with Crippen LogP contribution in [0.5, 0.6) is 11.5 Å². The van der Waals surface area contributed by atoms with Crippen molar-refractivity contribution in [3.8, 4) is 11.5 Å². The lowest BCUT2D eigenvalue weighted by atomic mass is 10.2. The minimum Gasteiger partial charge on any atom is -0.504 e. The number of hydrogen-bond donors (Lipinski definition) is 3. The van der Waals surface area contributed by atoms with E-state index in [-0.39, 0.29) is 17.6 Å². The lowest BCUT2D eigenvalue weighted by Gasteiger charge is -2.07. The number of benzene rings is 1. The van der Waals surface area contributed by atoms with Crippen LogP contribution in [0.4, 0.5) is 0 Å². The van der Waals surface area contributed by atoms with Crippen molar-refractivity contribution < 1.29 is 14.9 Å². The summed E-state index contributed by atoms with van der Waals surface area (Å²) < 4.78 is 7.47. The van der Waals surface area contributed by atoms with E-state index >= 15 is 0 Å². The summed E-state index contributed by atoms with van der Waals surface area (Å²) >= 11 is 5.16. The number of aromatic amines is 1. The monoisotopic (exact) mass is 306 g/mol. The van der Waals surface area contributed by atoms with Gasteiger partial charge in [-0.05, 0) is 48.8 Å². The van der Waals surface area contributed by atoms with Crippen molar-refractivity contribution in [2.24, 2.45) is 5.10 Å². The first-order chi connectivity index (χ1) is 10.1. The fourth-order valence-corrected chi connectivity index (χ4v) is 2.34. The Morgan fingerprint density at radius 3 is 3.00 bits per heavy atom. The first-order valence-corrected chi connectivity index (χ1v) is 6.91. The molecule has 1 fully saturated rings. The maximum atomic E-state index is 9.46. The molecule has 21 heavy (non-hydrogen) atoms. The second kappa shape index (κ2) is 5.66. The van der Waals surface area contributed by atoms with Gasteiger partial charge in [0.25, 0.3) is 0 Å². The van der Waals surface area contributed by atoms with Crippen LogP contribution in [0, 0.1) is 4.77 Å². The van der Waals surface area contributed by atoms with Crippen molar-refractivity contribution in [3.63, 3.8) is 0 Å². The average molecular weight is 306 g/mol. The molecule has 3 rings (SSSR count). The number of ether oxygens (including phenoxy) is 1. The summed E-state index contributed by atoms with van der Waals surface area (Å²) in [5.74, 6) is 0.262. The number of phenols is 2. The molecule has 0 spiro atoms. The van der Waals surface area contributed by atoms with E-state index < -0.39 is 0 Å². The highest BCUT2D eigenvalue weighted by molar-refractivity contribution is 7.71. The molecule has 1 aromatic carbocycles. The standard InChI is InChI=1S/C13H14N4O3S/c18-9-4-3-8(6-10(9)19)7-14-17-12(15-16-13(17)21)11-2-1-5-20-11/h3-4,6-7,11,18-19H,1-2,5H2,(H,16,21)/b14-7+/t11-/m0/s1. The first-order valence-electron chi connectivity index (χ1n) is 6.50. The summed E-state index contributed by atoms with van der Waals surface area (Å²) in [6, 6.07) is 4.44. The zero-order valence-electron chi connectivity index (χ0n) is 11.1. The van der Waals surface area contributed by atoms with Gasteiger partial charge in [0.2, 0.25) is 4.77 Å². The molecule has 0 aliphatic carbocycles. The molecule has 1 aliphatic rings. The summed E-state index contributed by atoms with van der Waals surface area (Å²) in [6.45, 7) is 0.708. The fourth-order valence-electron chi connectivity index (χ4n) is 2.15. The molecular formula is C13H14N4O3S. The van der Waals surface area contributed by atoms with Gasteiger partial charge in [0.05, 0.1) is 6.21 Å². The summed E-state index contributed by atoms with van der Waals surface area (Å²) in [4.78, 5) is 0. The number of aromatic hydroxyl groups is 2. The van der Waals surface area contributed by atoms with Crippen LogP contribution in [0.25, 0.3) is 0 Å². The van der Waals surface area contributed by atoms with E-state index in [0.29, 0.717) is 22.8 Å². The Labute approximate surface area is 125 Å². The third-order valence-electron chi connectivity index (χ3n) is 3.21. The van der Waals surface area contributed by atoms with E-state index in [4.69, 9.17) is 17.0 Å². The molecule has 1 aliphatic heterocycles. The lowest BCUT2D eigenvalue weighted by molar-refractivity contribution is 0.102. The van der Waals surface area contributed by atoms with Gasteiger partial charge in [0.15, 0.2) is 17.3 Å². The number of hydrogen-bond acceptors (Lipinski definition) is 6. The molecule has 0 bridgehead atoms. The molecule has 7 nitrogen and oxygen atoms in total. The van der Waals surface area contributed by atoms with Gasteiger partial charge in [-0.25, -0.2) is 0 Å². The number of aromatic nitrogens is 3. The van der Waals surface area contributed by atoms with Crippen LogP contribution in [-0.2, 0) is 4.74 Å². The molecule has 3 N–H and O–H groups in total. The zero-order chi connectivity index (χ0) is 14.8. The van der Waals surface area contributed by atoms with Gasteiger partial charge in [-0.2, -0.15) is 14.9 Å². The normalized spacial score (nSPS) is 18.6. The highest BCUT2D eigenvalue weighted by Crippen LogP contribution is 2.27. The van der Waals surface area contributed by atoms with Gasteiger partial charge < -0.3 is 14.9 Å². The SMILES string of the molecule is Oc1ccc(/C=N/n2c([C@@H]3CCCO3)n[nH]c2=S)cc1O. The summed E-state index contributed by atoms with van der Waals surface area (Å²) in [7, 11) is 0. The van der Waals surface area contributed by atoms with Crippen LogP contribution < -0.4 is 0 Å². The minimum absolute atomic E-state index is 0.108. The smallest absolute Gasteiger partial charge is 0.216 e. The highest BCUT2D eigenvalue weighted by Gasteiger charge is 2.23. The molecule has 1 aromatic heterocycles. The molecule has 0 saturated carbocycles. The predicted molar refractivity (Wildman–Crippen MR) is 78.1 cm³/mol. The quantitative estimate of drug-likeness (QED) is 0.458. The topological polar surface area (TPSA) is 95.7 Å². The highest BCUT2D eigenvalue weighted by atomic mass is 32.1. The summed E-state index contributed by atoms with van der Waals surface area (Å²) in [6.07, 6.45) is 3.29. The van der Waals surface area contributed by atoms with E-state index in [2.05, 4.69) is 15.3 Å². The Kier molecular flexibility index (Phi) is 3.72. The largest absolute Gasteiger partial charge is 0.504 e. The van der Waals surface area contributed by atoms with Crippen LogP contribution in [0.15, 0.2) is 23.3 Å². The van der Waals surface area contributed by atoms with Crippen molar-refractivity contribution in [2.75, 3.05) is 6.61 Å². The first kappa shape index (κ1) is 13.8.